The molecule has 0 radical (unpaired) electrons. The van der Waals surface area contributed by atoms with Crippen molar-refractivity contribution >= 4 is 6.29 Å². The van der Waals surface area contributed by atoms with E-state index in [1.807, 2.05) is 7.05 Å². The van der Waals surface area contributed by atoms with Crippen molar-refractivity contribution in [3.05, 3.63) is 0 Å². The van der Waals surface area contributed by atoms with Gasteiger partial charge in [0.25, 0.3) is 0 Å². The van der Waals surface area contributed by atoms with Gasteiger partial charge in [-0.05, 0) is 25.8 Å². The van der Waals surface area contributed by atoms with Crippen LogP contribution >= 0.6 is 0 Å². The van der Waals surface area contributed by atoms with E-state index in [1.54, 1.807) is 0 Å². The maximum absolute atomic E-state index is 10.3. The molecule has 2 heteroatoms. The number of aldehydes is 1. The van der Waals surface area contributed by atoms with Crippen LogP contribution in [0.4, 0.5) is 0 Å². The number of carbonyl (C=O) groups excluding carboxylic acids is 1. The second-order valence-corrected chi connectivity index (χ2v) is 2.64. The highest BCUT2D eigenvalue weighted by atomic mass is 16.1. The average molecular weight is 127 g/mol. The molecule has 0 amide bonds. The van der Waals surface area contributed by atoms with E-state index in [9.17, 15) is 4.79 Å². The van der Waals surface area contributed by atoms with Gasteiger partial charge in [0.2, 0.25) is 0 Å². The van der Waals surface area contributed by atoms with E-state index >= 15 is 0 Å². The third-order valence-electron chi connectivity index (χ3n) is 2.14. The number of carbonyl (C=O) groups is 1. The molecule has 1 aliphatic rings. The van der Waals surface area contributed by atoms with Crippen molar-refractivity contribution in [1.82, 2.24) is 5.32 Å². The maximum atomic E-state index is 10.3. The van der Waals surface area contributed by atoms with Crippen molar-refractivity contribution in [2.75, 3.05) is 7.05 Å². The first-order valence-electron chi connectivity index (χ1n) is 3.51. The Kier molecular flexibility index (Phi) is 2.22. The zero-order chi connectivity index (χ0) is 6.69. The Morgan fingerprint density at radius 1 is 1.67 bits per heavy atom. The van der Waals surface area contributed by atoms with Crippen LogP contribution in [0.15, 0.2) is 0 Å². The van der Waals surface area contributed by atoms with Crippen molar-refractivity contribution in [2.24, 2.45) is 5.92 Å². The molecule has 0 aromatic rings. The summed E-state index contributed by atoms with van der Waals surface area (Å²) in [5.41, 5.74) is 0. The fourth-order valence-corrected chi connectivity index (χ4v) is 1.21. The van der Waals surface area contributed by atoms with Crippen LogP contribution in [-0.4, -0.2) is 19.4 Å². The molecule has 1 fully saturated rings. The molecular weight excluding hydrogens is 114 g/mol. The molecule has 1 N–H and O–H groups in total. The van der Waals surface area contributed by atoms with E-state index in [-0.39, 0.29) is 6.04 Å². The summed E-state index contributed by atoms with van der Waals surface area (Å²) in [5, 5.41) is 2.99. The normalized spacial score (nSPS) is 22.8. The molecule has 0 spiro atoms. The summed E-state index contributed by atoms with van der Waals surface area (Å²) in [5.74, 6) is 0.632. The monoisotopic (exact) mass is 127 g/mol. The van der Waals surface area contributed by atoms with Gasteiger partial charge in [0, 0.05) is 0 Å². The highest BCUT2D eigenvalue weighted by Gasteiger charge is 2.25. The van der Waals surface area contributed by atoms with E-state index in [0.29, 0.717) is 5.92 Å². The van der Waals surface area contributed by atoms with Gasteiger partial charge in [0.05, 0.1) is 6.04 Å². The number of nitrogens with one attached hydrogen (secondary N) is 1. The van der Waals surface area contributed by atoms with Crippen molar-refractivity contribution in [2.45, 2.75) is 25.3 Å². The van der Waals surface area contributed by atoms with Gasteiger partial charge < -0.3 is 10.1 Å². The van der Waals surface area contributed by atoms with E-state index in [2.05, 4.69) is 5.32 Å². The lowest BCUT2D eigenvalue weighted by Crippen LogP contribution is -2.38. The molecule has 2 nitrogen and oxygen atoms in total. The van der Waals surface area contributed by atoms with Crippen LogP contribution in [0.3, 0.4) is 0 Å². The fourth-order valence-electron chi connectivity index (χ4n) is 1.21. The molecule has 0 aromatic heterocycles. The Morgan fingerprint density at radius 2 is 2.33 bits per heavy atom. The summed E-state index contributed by atoms with van der Waals surface area (Å²) in [7, 11) is 1.84. The predicted molar refractivity (Wildman–Crippen MR) is 36.3 cm³/mol. The van der Waals surface area contributed by atoms with Crippen LogP contribution in [0.1, 0.15) is 19.3 Å². The van der Waals surface area contributed by atoms with E-state index < -0.39 is 0 Å². The minimum Gasteiger partial charge on any atom is -0.311 e. The number of hydrogen-bond acceptors (Lipinski definition) is 2. The Balaban J connectivity index is 2.27. The van der Waals surface area contributed by atoms with Crippen molar-refractivity contribution in [3.63, 3.8) is 0 Å². The lowest BCUT2D eigenvalue weighted by Gasteiger charge is -2.29. The summed E-state index contributed by atoms with van der Waals surface area (Å²) < 4.78 is 0. The fraction of sp³-hybridized carbons (Fsp3) is 0.857. The summed E-state index contributed by atoms with van der Waals surface area (Å²) in [6.07, 6.45) is 4.77. The molecule has 1 rings (SSSR count). The van der Waals surface area contributed by atoms with Crippen LogP contribution in [0.25, 0.3) is 0 Å². The first kappa shape index (κ1) is 6.75. The number of likely N-dealkylation sites (N-methyl/N-ethyl adjacent to an activating group) is 1. The molecule has 1 saturated carbocycles. The van der Waals surface area contributed by atoms with Crippen molar-refractivity contribution in [3.8, 4) is 0 Å². The summed E-state index contributed by atoms with van der Waals surface area (Å²) in [4.78, 5) is 10.3. The van der Waals surface area contributed by atoms with Crippen molar-refractivity contribution in [1.29, 1.82) is 0 Å². The van der Waals surface area contributed by atoms with Crippen LogP contribution in [0.5, 0.6) is 0 Å². The minimum absolute atomic E-state index is 0.124. The second-order valence-electron chi connectivity index (χ2n) is 2.64. The minimum atomic E-state index is 0.124. The molecule has 52 valence electrons. The van der Waals surface area contributed by atoms with E-state index in [0.717, 1.165) is 6.29 Å². The molecule has 1 aliphatic carbocycles. The Labute approximate surface area is 55.6 Å². The van der Waals surface area contributed by atoms with Crippen molar-refractivity contribution < 1.29 is 4.79 Å². The van der Waals surface area contributed by atoms with Gasteiger partial charge in [-0.3, -0.25) is 0 Å². The molecule has 0 bridgehead atoms. The highest BCUT2D eigenvalue weighted by molar-refractivity contribution is 5.58. The van der Waals surface area contributed by atoms with Crippen LogP contribution < -0.4 is 5.32 Å². The zero-order valence-corrected chi connectivity index (χ0v) is 5.76. The molecular formula is C7H13NO. The molecule has 0 aliphatic heterocycles. The SMILES string of the molecule is CNC(C=O)C1CCC1. The molecule has 1 unspecified atom stereocenters. The van der Waals surface area contributed by atoms with Gasteiger partial charge in [0.15, 0.2) is 0 Å². The van der Waals surface area contributed by atoms with Gasteiger partial charge in [-0.2, -0.15) is 0 Å². The quantitative estimate of drug-likeness (QED) is 0.562. The van der Waals surface area contributed by atoms with E-state index in [4.69, 9.17) is 0 Å². The zero-order valence-electron chi connectivity index (χ0n) is 5.76. The van der Waals surface area contributed by atoms with E-state index in [1.165, 1.54) is 19.3 Å². The van der Waals surface area contributed by atoms with Gasteiger partial charge >= 0.3 is 0 Å². The Morgan fingerprint density at radius 3 is 2.44 bits per heavy atom. The largest absolute Gasteiger partial charge is 0.311 e. The smallest absolute Gasteiger partial charge is 0.137 e. The third-order valence-corrected chi connectivity index (χ3v) is 2.14. The molecule has 0 saturated heterocycles. The topological polar surface area (TPSA) is 29.1 Å². The van der Waals surface area contributed by atoms with Crippen LogP contribution in [-0.2, 0) is 4.79 Å². The Hall–Kier alpha value is -0.370. The molecule has 9 heavy (non-hydrogen) atoms. The summed E-state index contributed by atoms with van der Waals surface area (Å²) in [6.45, 7) is 0. The first-order valence-corrected chi connectivity index (χ1v) is 3.51. The number of hydrogen-bond donors (Lipinski definition) is 1. The number of rotatable bonds is 3. The maximum Gasteiger partial charge on any atom is 0.137 e. The Bertz CT molecular complexity index is 99.1. The molecule has 1 atom stereocenters. The van der Waals surface area contributed by atoms with Gasteiger partial charge in [-0.25, -0.2) is 0 Å². The summed E-state index contributed by atoms with van der Waals surface area (Å²) in [6, 6.07) is 0.124. The van der Waals surface area contributed by atoms with Crippen LogP contribution in [0, 0.1) is 5.92 Å². The standard InChI is InChI=1S/C7H13NO/c1-8-7(5-9)6-3-2-4-6/h5-8H,2-4H2,1H3. The predicted octanol–water partition coefficient (Wildman–Crippen LogP) is 0.573. The van der Waals surface area contributed by atoms with Gasteiger partial charge in [-0.15, -0.1) is 0 Å². The highest BCUT2D eigenvalue weighted by Crippen LogP contribution is 2.28. The van der Waals surface area contributed by atoms with Gasteiger partial charge in [0.1, 0.15) is 6.29 Å². The average Bonchev–Trinajstić information content (AvgIpc) is 1.78. The molecule has 0 aromatic carbocycles. The summed E-state index contributed by atoms with van der Waals surface area (Å²) >= 11 is 0. The van der Waals surface area contributed by atoms with Crippen LogP contribution in [0.2, 0.25) is 0 Å². The third kappa shape index (κ3) is 1.30. The lowest BCUT2D eigenvalue weighted by molar-refractivity contribution is -0.111. The lowest BCUT2D eigenvalue weighted by atomic mass is 9.80. The first-order chi connectivity index (χ1) is 4.38. The molecule has 0 heterocycles. The van der Waals surface area contributed by atoms with Gasteiger partial charge in [-0.1, -0.05) is 6.42 Å². The second kappa shape index (κ2) is 2.97.